The number of hydrogen-bond donors (Lipinski definition) is 1. The number of rotatable bonds is 0. The third-order valence-electron chi connectivity index (χ3n) is 1.71. The first-order valence-electron chi connectivity index (χ1n) is 2.42. The van der Waals surface area contributed by atoms with Crippen molar-refractivity contribution in [1.29, 1.82) is 0 Å². The largest absolute Gasteiger partial charge is 0.325 e. The zero-order valence-electron chi connectivity index (χ0n) is 4.36. The summed E-state index contributed by atoms with van der Waals surface area (Å²) in [7, 11) is 0. The van der Waals surface area contributed by atoms with E-state index in [0.717, 1.165) is 5.92 Å². The Morgan fingerprint density at radius 2 is 2.00 bits per heavy atom. The second-order valence-electron chi connectivity index (χ2n) is 2.61. The molecule has 1 saturated carbocycles. The summed E-state index contributed by atoms with van der Waals surface area (Å²) < 4.78 is 0. The fraction of sp³-hybridized carbons (Fsp3) is 1.00. The van der Waals surface area contributed by atoms with Crippen molar-refractivity contribution in [2.45, 2.75) is 25.8 Å². The van der Waals surface area contributed by atoms with Crippen molar-refractivity contribution in [3.8, 4) is 0 Å². The topological polar surface area (TPSA) is 26.0 Å². The van der Waals surface area contributed by atoms with Crippen molar-refractivity contribution < 1.29 is 0 Å². The molecule has 0 aromatic heterocycles. The minimum atomic E-state index is 0.208. The van der Waals surface area contributed by atoms with Crippen LogP contribution in [-0.2, 0) is 0 Å². The van der Waals surface area contributed by atoms with E-state index in [-0.39, 0.29) is 5.54 Å². The summed E-state index contributed by atoms with van der Waals surface area (Å²) in [6.07, 6.45) is 1.22. The Hall–Kier alpha value is -0.0400. The van der Waals surface area contributed by atoms with E-state index >= 15 is 0 Å². The predicted octanol–water partition coefficient (Wildman–Crippen LogP) is 0.744. The van der Waals surface area contributed by atoms with E-state index in [9.17, 15) is 0 Å². The summed E-state index contributed by atoms with van der Waals surface area (Å²) in [4.78, 5) is 0. The fourth-order valence-corrected chi connectivity index (χ4v) is 0.601. The summed E-state index contributed by atoms with van der Waals surface area (Å²) in [6.45, 7) is 4.28. The highest BCUT2D eigenvalue weighted by atomic mass is 14.8. The molecule has 6 heavy (non-hydrogen) atoms. The SMILES string of the molecule is CC1C[C@@]1(C)N. The van der Waals surface area contributed by atoms with E-state index < -0.39 is 0 Å². The molecule has 2 atom stereocenters. The van der Waals surface area contributed by atoms with Gasteiger partial charge in [0, 0.05) is 5.54 Å². The molecule has 0 aromatic carbocycles. The molecule has 36 valence electrons. The van der Waals surface area contributed by atoms with E-state index in [0.29, 0.717) is 0 Å². The van der Waals surface area contributed by atoms with Gasteiger partial charge in [0.2, 0.25) is 0 Å². The first-order chi connectivity index (χ1) is 2.63. The maximum atomic E-state index is 5.61. The van der Waals surface area contributed by atoms with Gasteiger partial charge in [0.25, 0.3) is 0 Å². The highest BCUT2D eigenvalue weighted by molar-refractivity contribution is 5.00. The molecule has 0 bridgehead atoms. The van der Waals surface area contributed by atoms with Gasteiger partial charge in [0.1, 0.15) is 0 Å². The second-order valence-corrected chi connectivity index (χ2v) is 2.61. The summed E-state index contributed by atoms with van der Waals surface area (Å²) in [6, 6.07) is 0. The summed E-state index contributed by atoms with van der Waals surface area (Å²) in [5, 5.41) is 0. The normalized spacial score (nSPS) is 55.5. The van der Waals surface area contributed by atoms with Crippen LogP contribution in [0.5, 0.6) is 0 Å². The van der Waals surface area contributed by atoms with Gasteiger partial charge in [-0.2, -0.15) is 0 Å². The summed E-state index contributed by atoms with van der Waals surface area (Å²) in [5.41, 5.74) is 5.82. The smallest absolute Gasteiger partial charge is 0.0155 e. The molecule has 1 unspecified atom stereocenters. The third kappa shape index (κ3) is 0.432. The van der Waals surface area contributed by atoms with Gasteiger partial charge in [-0.05, 0) is 19.3 Å². The van der Waals surface area contributed by atoms with Crippen LogP contribution >= 0.6 is 0 Å². The van der Waals surface area contributed by atoms with Crippen LogP contribution in [0.2, 0.25) is 0 Å². The van der Waals surface area contributed by atoms with Crippen LogP contribution < -0.4 is 5.73 Å². The van der Waals surface area contributed by atoms with Gasteiger partial charge in [-0.25, -0.2) is 0 Å². The van der Waals surface area contributed by atoms with Gasteiger partial charge >= 0.3 is 0 Å². The Labute approximate surface area is 38.5 Å². The van der Waals surface area contributed by atoms with Crippen LogP contribution in [0, 0.1) is 5.92 Å². The van der Waals surface area contributed by atoms with Crippen LogP contribution in [0.25, 0.3) is 0 Å². The molecule has 0 heterocycles. The highest BCUT2D eigenvalue weighted by Gasteiger charge is 2.42. The average Bonchev–Trinajstić information content (AvgIpc) is 1.73. The van der Waals surface area contributed by atoms with Gasteiger partial charge < -0.3 is 5.73 Å². The minimum Gasteiger partial charge on any atom is -0.325 e. The quantitative estimate of drug-likeness (QED) is 0.461. The summed E-state index contributed by atoms with van der Waals surface area (Å²) >= 11 is 0. The lowest BCUT2D eigenvalue weighted by Crippen LogP contribution is -2.18. The molecular weight excluding hydrogens is 74.1 g/mol. The van der Waals surface area contributed by atoms with Gasteiger partial charge in [-0.15, -0.1) is 0 Å². The number of hydrogen-bond acceptors (Lipinski definition) is 1. The predicted molar refractivity (Wildman–Crippen MR) is 26.4 cm³/mol. The first-order valence-corrected chi connectivity index (χ1v) is 2.42. The molecule has 2 N–H and O–H groups in total. The molecule has 1 heteroatoms. The van der Waals surface area contributed by atoms with Gasteiger partial charge in [0.15, 0.2) is 0 Å². The molecule has 1 aliphatic carbocycles. The van der Waals surface area contributed by atoms with Crippen molar-refractivity contribution in [1.82, 2.24) is 0 Å². The van der Waals surface area contributed by atoms with Crippen molar-refractivity contribution in [3.63, 3.8) is 0 Å². The molecule has 0 amide bonds. The Morgan fingerprint density at radius 3 is 2.00 bits per heavy atom. The Morgan fingerprint density at radius 1 is 1.83 bits per heavy atom. The van der Waals surface area contributed by atoms with E-state index in [2.05, 4.69) is 13.8 Å². The minimum absolute atomic E-state index is 0.208. The zero-order valence-corrected chi connectivity index (χ0v) is 4.36. The molecule has 1 fully saturated rings. The molecule has 0 saturated heterocycles. The Balaban J connectivity index is 2.41. The molecular formula is C5H11N. The van der Waals surface area contributed by atoms with E-state index in [1.165, 1.54) is 6.42 Å². The molecule has 0 spiro atoms. The first kappa shape index (κ1) is 4.13. The van der Waals surface area contributed by atoms with Crippen molar-refractivity contribution in [3.05, 3.63) is 0 Å². The highest BCUT2D eigenvalue weighted by Crippen LogP contribution is 2.39. The number of nitrogens with two attached hydrogens (primary N) is 1. The zero-order chi connectivity index (χ0) is 4.78. The molecule has 1 rings (SSSR count). The molecule has 0 aliphatic heterocycles. The molecule has 1 nitrogen and oxygen atoms in total. The van der Waals surface area contributed by atoms with Crippen molar-refractivity contribution >= 4 is 0 Å². The lowest BCUT2D eigenvalue weighted by atomic mass is 10.3. The van der Waals surface area contributed by atoms with Crippen molar-refractivity contribution in [2.75, 3.05) is 0 Å². The Kier molecular flexibility index (Phi) is 0.539. The second kappa shape index (κ2) is 0.784. The maximum absolute atomic E-state index is 5.61. The van der Waals surface area contributed by atoms with Gasteiger partial charge in [-0.3, -0.25) is 0 Å². The summed E-state index contributed by atoms with van der Waals surface area (Å²) in [5.74, 6) is 0.775. The van der Waals surface area contributed by atoms with E-state index in [1.54, 1.807) is 0 Å². The monoisotopic (exact) mass is 85.1 g/mol. The van der Waals surface area contributed by atoms with Crippen LogP contribution in [0.1, 0.15) is 20.3 Å². The lowest BCUT2D eigenvalue weighted by Gasteiger charge is -1.93. The van der Waals surface area contributed by atoms with Gasteiger partial charge in [0.05, 0.1) is 0 Å². The molecule has 0 radical (unpaired) electrons. The Bertz CT molecular complexity index is 66.3. The van der Waals surface area contributed by atoms with Crippen molar-refractivity contribution in [2.24, 2.45) is 11.7 Å². The van der Waals surface area contributed by atoms with E-state index in [4.69, 9.17) is 5.73 Å². The van der Waals surface area contributed by atoms with Gasteiger partial charge in [-0.1, -0.05) is 6.92 Å². The third-order valence-corrected chi connectivity index (χ3v) is 1.71. The molecule has 0 aromatic rings. The maximum Gasteiger partial charge on any atom is 0.0155 e. The average molecular weight is 85.2 g/mol. The van der Waals surface area contributed by atoms with Crippen LogP contribution in [0.4, 0.5) is 0 Å². The molecule has 1 aliphatic rings. The standard InChI is InChI=1S/C5H11N/c1-4-3-5(4,2)6/h4H,3,6H2,1-2H3/t4?,5-/m1/s1. The fourth-order valence-electron chi connectivity index (χ4n) is 0.601. The lowest BCUT2D eigenvalue weighted by molar-refractivity contribution is 0.686. The van der Waals surface area contributed by atoms with Crippen LogP contribution in [-0.4, -0.2) is 5.54 Å². The van der Waals surface area contributed by atoms with E-state index in [1.807, 2.05) is 0 Å². The van der Waals surface area contributed by atoms with Crippen LogP contribution in [0.15, 0.2) is 0 Å². The van der Waals surface area contributed by atoms with Crippen LogP contribution in [0.3, 0.4) is 0 Å².